The fourth-order valence-corrected chi connectivity index (χ4v) is 4.59. The number of aromatic nitrogens is 3. The number of nitrogens with zero attached hydrogens (tertiary/aromatic N) is 2. The van der Waals surface area contributed by atoms with Gasteiger partial charge in [0.25, 0.3) is 0 Å². The summed E-state index contributed by atoms with van der Waals surface area (Å²) in [7, 11) is 0. The Balaban J connectivity index is 1.89. The summed E-state index contributed by atoms with van der Waals surface area (Å²) in [5.74, 6) is -1.70. The summed E-state index contributed by atoms with van der Waals surface area (Å²) < 4.78 is 31.0. The van der Waals surface area contributed by atoms with Crippen molar-refractivity contribution in [2.75, 3.05) is 6.54 Å². The Morgan fingerprint density at radius 1 is 1.10 bits per heavy atom. The highest BCUT2D eigenvalue weighted by Gasteiger charge is 2.27. The van der Waals surface area contributed by atoms with Crippen molar-refractivity contribution in [2.24, 2.45) is 0 Å². The van der Waals surface area contributed by atoms with E-state index in [4.69, 9.17) is 5.10 Å². The first-order valence-corrected chi connectivity index (χ1v) is 10.5. The van der Waals surface area contributed by atoms with E-state index < -0.39 is 11.6 Å². The van der Waals surface area contributed by atoms with Crippen molar-refractivity contribution < 1.29 is 8.78 Å². The van der Waals surface area contributed by atoms with E-state index in [0.717, 1.165) is 48.4 Å². The Morgan fingerprint density at radius 3 is 2.60 bits per heavy atom. The van der Waals surface area contributed by atoms with Crippen LogP contribution >= 0.6 is 0 Å². The Bertz CT molecular complexity index is 1230. The largest absolute Gasteiger partial charge is 0.359 e. The number of halogens is 2. The van der Waals surface area contributed by atoms with Crippen molar-refractivity contribution >= 4 is 10.9 Å². The number of nitrogens with one attached hydrogen (secondary N) is 2. The molecular weight excluding hydrogens is 382 g/mol. The third kappa shape index (κ3) is 2.78. The van der Waals surface area contributed by atoms with Gasteiger partial charge in [0, 0.05) is 42.2 Å². The smallest absolute Gasteiger partial charge is 0.182 e. The lowest BCUT2D eigenvalue weighted by atomic mass is 9.97. The monoisotopic (exact) mass is 406 g/mol. The fraction of sp³-hybridized carbons (Fsp3) is 0.292. The van der Waals surface area contributed by atoms with Crippen molar-refractivity contribution in [1.82, 2.24) is 20.1 Å². The molecule has 0 aliphatic carbocycles. The first kappa shape index (κ1) is 19.0. The maximum absolute atomic E-state index is 14.6. The molecule has 154 valence electrons. The van der Waals surface area contributed by atoms with Gasteiger partial charge in [0.2, 0.25) is 0 Å². The van der Waals surface area contributed by atoms with Crippen LogP contribution in [-0.4, -0.2) is 21.3 Å². The third-order valence-electron chi connectivity index (χ3n) is 6.08. The molecule has 2 N–H and O–H groups in total. The van der Waals surface area contributed by atoms with Crippen LogP contribution in [0.15, 0.2) is 36.5 Å². The second kappa shape index (κ2) is 7.36. The van der Waals surface area contributed by atoms with Crippen molar-refractivity contribution in [3.05, 3.63) is 70.5 Å². The number of H-pyrrole nitrogens is 1. The molecule has 0 atom stereocenters. The van der Waals surface area contributed by atoms with Crippen LogP contribution in [0.3, 0.4) is 0 Å². The van der Waals surface area contributed by atoms with Gasteiger partial charge in [0.05, 0.1) is 22.6 Å². The average molecular weight is 406 g/mol. The lowest BCUT2D eigenvalue weighted by Gasteiger charge is -2.18. The molecule has 0 bridgehead atoms. The molecule has 2 aromatic carbocycles. The SMILES string of the molecule is CCc1cccc(CC)c1-n1nc2c(c1-c1cc(F)c(F)c3[nH]ccc13)CNCC2. The number of para-hydroxylation sites is 1. The summed E-state index contributed by atoms with van der Waals surface area (Å²) in [5.41, 5.74) is 7.21. The first-order chi connectivity index (χ1) is 14.6. The van der Waals surface area contributed by atoms with Crippen LogP contribution in [0, 0.1) is 11.6 Å². The van der Waals surface area contributed by atoms with Gasteiger partial charge in [-0.25, -0.2) is 13.5 Å². The Morgan fingerprint density at radius 2 is 1.87 bits per heavy atom. The molecule has 3 heterocycles. The van der Waals surface area contributed by atoms with E-state index in [9.17, 15) is 8.78 Å². The number of fused-ring (bicyclic) bond motifs is 2. The highest BCUT2D eigenvalue weighted by atomic mass is 19.2. The summed E-state index contributed by atoms with van der Waals surface area (Å²) >= 11 is 0. The van der Waals surface area contributed by atoms with Gasteiger partial charge in [0.1, 0.15) is 0 Å². The fourth-order valence-electron chi connectivity index (χ4n) is 4.59. The summed E-state index contributed by atoms with van der Waals surface area (Å²) in [6.07, 6.45) is 4.19. The van der Waals surface area contributed by atoms with Crippen LogP contribution in [0.25, 0.3) is 27.8 Å². The van der Waals surface area contributed by atoms with Crippen molar-refractivity contribution in [3.63, 3.8) is 0 Å². The van der Waals surface area contributed by atoms with E-state index in [1.807, 2.05) is 4.68 Å². The summed E-state index contributed by atoms with van der Waals surface area (Å²) in [6, 6.07) is 9.43. The van der Waals surface area contributed by atoms with E-state index in [0.29, 0.717) is 17.5 Å². The molecule has 1 aliphatic rings. The van der Waals surface area contributed by atoms with Gasteiger partial charge in [-0.1, -0.05) is 32.0 Å². The van der Waals surface area contributed by atoms with E-state index in [-0.39, 0.29) is 5.52 Å². The zero-order valence-electron chi connectivity index (χ0n) is 17.1. The van der Waals surface area contributed by atoms with E-state index in [2.05, 4.69) is 42.3 Å². The molecule has 30 heavy (non-hydrogen) atoms. The van der Waals surface area contributed by atoms with Gasteiger partial charge in [-0.05, 0) is 36.1 Å². The van der Waals surface area contributed by atoms with Gasteiger partial charge in [-0.3, -0.25) is 0 Å². The Labute approximate surface area is 173 Å². The number of aryl methyl sites for hydroxylation is 2. The minimum absolute atomic E-state index is 0.190. The lowest BCUT2D eigenvalue weighted by Crippen LogP contribution is -2.23. The third-order valence-corrected chi connectivity index (χ3v) is 6.08. The molecule has 0 radical (unpaired) electrons. The molecule has 5 rings (SSSR count). The molecular formula is C24H24F2N4. The number of benzene rings is 2. The van der Waals surface area contributed by atoms with Crippen LogP contribution < -0.4 is 5.32 Å². The maximum atomic E-state index is 14.6. The second-order valence-electron chi connectivity index (χ2n) is 7.73. The zero-order valence-corrected chi connectivity index (χ0v) is 17.1. The van der Waals surface area contributed by atoms with Crippen molar-refractivity contribution in [2.45, 2.75) is 39.7 Å². The quantitative estimate of drug-likeness (QED) is 0.497. The molecule has 0 fully saturated rings. The van der Waals surface area contributed by atoms with Crippen molar-refractivity contribution in [1.29, 1.82) is 0 Å². The van der Waals surface area contributed by atoms with Crippen LogP contribution in [0.4, 0.5) is 8.78 Å². The maximum Gasteiger partial charge on any atom is 0.182 e. The molecule has 4 aromatic rings. The first-order valence-electron chi connectivity index (χ1n) is 10.5. The average Bonchev–Trinajstić information content (AvgIpc) is 3.41. The van der Waals surface area contributed by atoms with Crippen LogP contribution in [0.2, 0.25) is 0 Å². The van der Waals surface area contributed by atoms with Gasteiger partial charge in [-0.2, -0.15) is 5.10 Å². The highest BCUT2D eigenvalue weighted by molar-refractivity contribution is 5.96. The number of hydrogen-bond acceptors (Lipinski definition) is 2. The topological polar surface area (TPSA) is 45.6 Å². The number of aromatic amines is 1. The van der Waals surface area contributed by atoms with E-state index in [1.165, 1.54) is 17.2 Å². The zero-order chi connectivity index (χ0) is 20.8. The molecule has 1 aliphatic heterocycles. The van der Waals surface area contributed by atoms with E-state index in [1.54, 1.807) is 12.3 Å². The van der Waals surface area contributed by atoms with Crippen molar-refractivity contribution in [3.8, 4) is 16.9 Å². The minimum atomic E-state index is -0.857. The van der Waals surface area contributed by atoms with Gasteiger partial charge < -0.3 is 10.3 Å². The predicted molar refractivity (Wildman–Crippen MR) is 115 cm³/mol. The molecule has 0 amide bonds. The second-order valence-corrected chi connectivity index (χ2v) is 7.73. The molecule has 4 nitrogen and oxygen atoms in total. The molecule has 0 saturated carbocycles. The molecule has 0 saturated heterocycles. The minimum Gasteiger partial charge on any atom is -0.359 e. The van der Waals surface area contributed by atoms with E-state index >= 15 is 0 Å². The van der Waals surface area contributed by atoms with Crippen LogP contribution in [0.5, 0.6) is 0 Å². The molecule has 2 aromatic heterocycles. The lowest BCUT2D eigenvalue weighted by molar-refractivity contribution is 0.516. The highest BCUT2D eigenvalue weighted by Crippen LogP contribution is 2.38. The Hall–Kier alpha value is -2.99. The van der Waals surface area contributed by atoms with Gasteiger partial charge in [-0.15, -0.1) is 0 Å². The predicted octanol–water partition coefficient (Wildman–Crippen LogP) is 5.07. The Kier molecular flexibility index (Phi) is 4.66. The summed E-state index contributed by atoms with van der Waals surface area (Å²) in [5, 5.41) is 9.08. The standard InChI is InChI=1S/C24H24F2N4/c1-3-14-6-5-7-15(4-2)23(14)30-24(18-13-27-10-9-20(18)29-30)17-12-19(25)21(26)22-16(17)8-11-28-22/h5-8,11-12,27-28H,3-4,9-10,13H2,1-2H3. The van der Waals surface area contributed by atoms with Gasteiger partial charge in [0.15, 0.2) is 11.6 Å². The summed E-state index contributed by atoms with van der Waals surface area (Å²) in [6.45, 7) is 5.78. The number of hydrogen-bond donors (Lipinski definition) is 2. The van der Waals surface area contributed by atoms with Gasteiger partial charge >= 0.3 is 0 Å². The molecule has 0 spiro atoms. The number of rotatable bonds is 4. The van der Waals surface area contributed by atoms with Crippen LogP contribution in [-0.2, 0) is 25.8 Å². The normalized spacial score (nSPS) is 13.7. The molecule has 6 heteroatoms. The molecule has 0 unspecified atom stereocenters. The van der Waals surface area contributed by atoms with Crippen LogP contribution in [0.1, 0.15) is 36.2 Å². The summed E-state index contributed by atoms with van der Waals surface area (Å²) in [4.78, 5) is 2.86.